The predicted octanol–water partition coefficient (Wildman–Crippen LogP) is 1.48. The van der Waals surface area contributed by atoms with Gasteiger partial charge in [-0.15, -0.1) is 0 Å². The first-order valence-electron chi connectivity index (χ1n) is 5.08. The molecule has 1 rings (SSSR count). The summed E-state index contributed by atoms with van der Waals surface area (Å²) in [5.74, 6) is -3.09. The Morgan fingerprint density at radius 2 is 2.12 bits per heavy atom. The standard InChI is InChI=1S/C10H12F3NO3/c11-10(12,13)9(17)14-5-6-1-3-7(4-2-6)8(15)16/h3,6H,1-2,4-5H2,(H,14,17)(H,15,16). The summed E-state index contributed by atoms with van der Waals surface area (Å²) >= 11 is 0. The molecule has 0 aromatic carbocycles. The molecular formula is C10H12F3NO3. The summed E-state index contributed by atoms with van der Waals surface area (Å²) in [6.45, 7) is -0.0816. The van der Waals surface area contributed by atoms with Crippen LogP contribution in [-0.4, -0.2) is 29.7 Å². The lowest BCUT2D eigenvalue weighted by Crippen LogP contribution is -2.39. The fourth-order valence-electron chi connectivity index (χ4n) is 1.61. The highest BCUT2D eigenvalue weighted by Crippen LogP contribution is 2.23. The molecule has 0 saturated heterocycles. The molecule has 1 amide bonds. The largest absolute Gasteiger partial charge is 0.478 e. The van der Waals surface area contributed by atoms with Crippen molar-refractivity contribution in [2.45, 2.75) is 25.4 Å². The van der Waals surface area contributed by atoms with Crippen LogP contribution in [0.1, 0.15) is 19.3 Å². The van der Waals surface area contributed by atoms with Crippen molar-refractivity contribution in [1.29, 1.82) is 0 Å². The fraction of sp³-hybridized carbons (Fsp3) is 0.600. The lowest BCUT2D eigenvalue weighted by atomic mass is 9.89. The van der Waals surface area contributed by atoms with E-state index in [0.29, 0.717) is 19.3 Å². The van der Waals surface area contributed by atoms with Gasteiger partial charge in [0.15, 0.2) is 0 Å². The van der Waals surface area contributed by atoms with Crippen LogP contribution in [0.25, 0.3) is 0 Å². The van der Waals surface area contributed by atoms with Crippen LogP contribution < -0.4 is 5.32 Å². The molecule has 0 aromatic rings. The number of carbonyl (C=O) groups excluding carboxylic acids is 1. The number of allylic oxidation sites excluding steroid dienone is 1. The summed E-state index contributed by atoms with van der Waals surface area (Å²) in [6.07, 6.45) is -2.20. The SMILES string of the molecule is O=C(O)C1=CCC(CNC(=O)C(F)(F)F)CC1. The second-order valence-corrected chi connectivity index (χ2v) is 3.88. The average molecular weight is 251 g/mol. The molecular weight excluding hydrogens is 239 g/mol. The zero-order valence-corrected chi connectivity index (χ0v) is 8.88. The number of carboxylic acid groups (broad SMARTS) is 1. The number of halogens is 3. The molecule has 0 fully saturated rings. The Balaban J connectivity index is 2.37. The van der Waals surface area contributed by atoms with Crippen LogP contribution in [0.2, 0.25) is 0 Å². The fourth-order valence-corrected chi connectivity index (χ4v) is 1.61. The van der Waals surface area contributed by atoms with Gasteiger partial charge in [0.05, 0.1) is 0 Å². The van der Waals surface area contributed by atoms with Gasteiger partial charge in [-0.25, -0.2) is 4.79 Å². The molecule has 0 radical (unpaired) electrons. The van der Waals surface area contributed by atoms with Gasteiger partial charge in [-0.05, 0) is 25.2 Å². The van der Waals surface area contributed by atoms with Gasteiger partial charge in [0.2, 0.25) is 0 Å². The molecule has 1 atom stereocenters. The third-order valence-corrected chi connectivity index (χ3v) is 2.60. The Morgan fingerprint density at radius 3 is 2.53 bits per heavy atom. The first-order valence-corrected chi connectivity index (χ1v) is 5.08. The third-order valence-electron chi connectivity index (χ3n) is 2.60. The van der Waals surface area contributed by atoms with Gasteiger partial charge in [0.1, 0.15) is 0 Å². The van der Waals surface area contributed by atoms with Gasteiger partial charge < -0.3 is 10.4 Å². The van der Waals surface area contributed by atoms with Crippen LogP contribution in [0.3, 0.4) is 0 Å². The number of amides is 1. The highest BCUT2D eigenvalue weighted by molar-refractivity contribution is 5.86. The van der Waals surface area contributed by atoms with E-state index in [1.807, 2.05) is 0 Å². The van der Waals surface area contributed by atoms with E-state index in [4.69, 9.17) is 5.11 Å². The van der Waals surface area contributed by atoms with Gasteiger partial charge in [0.25, 0.3) is 0 Å². The minimum absolute atomic E-state index is 0.0816. The van der Waals surface area contributed by atoms with Crippen LogP contribution in [0.4, 0.5) is 13.2 Å². The summed E-state index contributed by atoms with van der Waals surface area (Å²) in [6, 6.07) is 0. The third kappa shape index (κ3) is 4.08. The lowest BCUT2D eigenvalue weighted by Gasteiger charge is -2.20. The van der Waals surface area contributed by atoms with Gasteiger partial charge in [-0.1, -0.05) is 6.08 Å². The molecule has 96 valence electrons. The molecule has 0 heterocycles. The summed E-state index contributed by atoms with van der Waals surface area (Å²) in [5, 5.41) is 10.5. The minimum atomic E-state index is -4.86. The summed E-state index contributed by atoms with van der Waals surface area (Å²) < 4.78 is 35.6. The van der Waals surface area contributed by atoms with Gasteiger partial charge >= 0.3 is 18.1 Å². The number of carboxylic acids is 1. The second kappa shape index (κ2) is 5.20. The topological polar surface area (TPSA) is 66.4 Å². The first-order chi connectivity index (χ1) is 7.80. The highest BCUT2D eigenvalue weighted by atomic mass is 19.4. The molecule has 1 aliphatic rings. The smallest absolute Gasteiger partial charge is 0.471 e. The molecule has 0 saturated carbocycles. The zero-order valence-electron chi connectivity index (χ0n) is 8.88. The quantitative estimate of drug-likeness (QED) is 0.798. The maximum atomic E-state index is 11.9. The van der Waals surface area contributed by atoms with Crippen molar-refractivity contribution < 1.29 is 27.9 Å². The molecule has 0 bridgehead atoms. The monoisotopic (exact) mass is 251 g/mol. The van der Waals surface area contributed by atoms with E-state index in [1.165, 1.54) is 6.08 Å². The Bertz CT molecular complexity index is 349. The number of hydrogen-bond acceptors (Lipinski definition) is 2. The van der Waals surface area contributed by atoms with Crippen molar-refractivity contribution in [2.24, 2.45) is 5.92 Å². The Kier molecular flexibility index (Phi) is 4.14. The van der Waals surface area contributed by atoms with Crippen LogP contribution in [0.5, 0.6) is 0 Å². The lowest BCUT2D eigenvalue weighted by molar-refractivity contribution is -0.173. The van der Waals surface area contributed by atoms with Crippen molar-refractivity contribution in [3.8, 4) is 0 Å². The minimum Gasteiger partial charge on any atom is -0.478 e. The molecule has 2 N–H and O–H groups in total. The van der Waals surface area contributed by atoms with E-state index in [2.05, 4.69) is 0 Å². The summed E-state index contributed by atoms with van der Waals surface area (Å²) in [7, 11) is 0. The highest BCUT2D eigenvalue weighted by Gasteiger charge is 2.38. The van der Waals surface area contributed by atoms with E-state index in [-0.39, 0.29) is 18.0 Å². The maximum Gasteiger partial charge on any atom is 0.471 e. The van der Waals surface area contributed by atoms with Gasteiger partial charge in [-0.3, -0.25) is 4.79 Å². The second-order valence-electron chi connectivity index (χ2n) is 3.88. The maximum absolute atomic E-state index is 11.9. The molecule has 0 aromatic heterocycles. The van der Waals surface area contributed by atoms with Crippen molar-refractivity contribution in [3.63, 3.8) is 0 Å². The molecule has 0 spiro atoms. The van der Waals surface area contributed by atoms with E-state index < -0.39 is 18.1 Å². The van der Waals surface area contributed by atoms with Crippen LogP contribution in [0.15, 0.2) is 11.6 Å². The predicted molar refractivity (Wildman–Crippen MR) is 52.1 cm³/mol. The van der Waals surface area contributed by atoms with Crippen molar-refractivity contribution in [2.75, 3.05) is 6.54 Å². The Hall–Kier alpha value is -1.53. The van der Waals surface area contributed by atoms with E-state index in [9.17, 15) is 22.8 Å². The van der Waals surface area contributed by atoms with E-state index in [1.54, 1.807) is 5.32 Å². The van der Waals surface area contributed by atoms with Gasteiger partial charge in [-0.2, -0.15) is 13.2 Å². The summed E-state index contributed by atoms with van der Waals surface area (Å²) in [4.78, 5) is 21.1. The van der Waals surface area contributed by atoms with Crippen LogP contribution in [-0.2, 0) is 9.59 Å². The average Bonchev–Trinajstić information content (AvgIpc) is 2.25. The Labute approximate surface area is 95.5 Å². The van der Waals surface area contributed by atoms with Crippen molar-refractivity contribution in [1.82, 2.24) is 5.32 Å². The molecule has 1 unspecified atom stereocenters. The van der Waals surface area contributed by atoms with Gasteiger partial charge in [0, 0.05) is 12.1 Å². The van der Waals surface area contributed by atoms with Crippen LogP contribution >= 0.6 is 0 Å². The Morgan fingerprint density at radius 1 is 1.47 bits per heavy atom. The van der Waals surface area contributed by atoms with Crippen molar-refractivity contribution >= 4 is 11.9 Å². The normalized spacial score (nSPS) is 20.6. The molecule has 1 aliphatic carbocycles. The van der Waals surface area contributed by atoms with E-state index >= 15 is 0 Å². The van der Waals surface area contributed by atoms with Crippen molar-refractivity contribution in [3.05, 3.63) is 11.6 Å². The number of rotatable bonds is 3. The zero-order chi connectivity index (χ0) is 13.1. The molecule has 7 heteroatoms. The number of nitrogens with one attached hydrogen (secondary N) is 1. The molecule has 0 aliphatic heterocycles. The number of hydrogen-bond donors (Lipinski definition) is 2. The molecule has 4 nitrogen and oxygen atoms in total. The first kappa shape index (κ1) is 13.5. The number of aliphatic carboxylic acids is 1. The number of alkyl halides is 3. The summed E-state index contributed by atoms with van der Waals surface area (Å²) in [5.41, 5.74) is 0.281. The van der Waals surface area contributed by atoms with Crippen LogP contribution in [0, 0.1) is 5.92 Å². The molecule has 17 heavy (non-hydrogen) atoms. The van der Waals surface area contributed by atoms with E-state index in [0.717, 1.165) is 0 Å². The number of carbonyl (C=O) groups is 2.